The van der Waals surface area contributed by atoms with Crippen molar-refractivity contribution >= 4 is 11.9 Å². The molecule has 0 aliphatic heterocycles. The minimum atomic E-state index is -0.0637. The van der Waals surface area contributed by atoms with Crippen LogP contribution in [-0.2, 0) is 19.1 Å². The van der Waals surface area contributed by atoms with Gasteiger partial charge in [0.15, 0.2) is 0 Å². The molecule has 0 unspecified atom stereocenters. The van der Waals surface area contributed by atoms with E-state index in [4.69, 9.17) is 9.47 Å². The minimum Gasteiger partial charge on any atom is -0.465 e. The van der Waals surface area contributed by atoms with Crippen molar-refractivity contribution in [1.29, 1.82) is 0 Å². The first-order chi connectivity index (χ1) is 15.4. The Morgan fingerprint density at radius 2 is 0.875 bits per heavy atom. The van der Waals surface area contributed by atoms with Gasteiger partial charge in [-0.2, -0.15) is 0 Å². The van der Waals surface area contributed by atoms with Crippen molar-refractivity contribution in [3.05, 3.63) is 12.2 Å². The first-order valence-electron chi connectivity index (χ1n) is 13.4. The van der Waals surface area contributed by atoms with Crippen LogP contribution in [-0.4, -0.2) is 25.2 Å². The molecule has 0 radical (unpaired) electrons. The van der Waals surface area contributed by atoms with Crippen LogP contribution >= 0.6 is 0 Å². The smallest absolute Gasteiger partial charge is 0.305 e. The molecule has 0 aromatic rings. The third kappa shape index (κ3) is 24.9. The highest BCUT2D eigenvalue weighted by atomic mass is 16.5. The number of rotatable bonds is 22. The average Bonchev–Trinajstić information content (AvgIpc) is 2.75. The van der Waals surface area contributed by atoms with E-state index >= 15 is 0 Å². The van der Waals surface area contributed by atoms with E-state index in [2.05, 4.69) is 39.8 Å². The fraction of sp³-hybridized carbons (Fsp3) is 0.857. The molecule has 0 fully saturated rings. The number of unbranched alkanes of at least 4 members (excludes halogenated alkanes) is 12. The molecule has 0 aromatic heterocycles. The van der Waals surface area contributed by atoms with Gasteiger partial charge in [0.2, 0.25) is 0 Å². The molecule has 0 aromatic carbocycles. The van der Waals surface area contributed by atoms with Crippen molar-refractivity contribution in [3.8, 4) is 0 Å². The van der Waals surface area contributed by atoms with Gasteiger partial charge >= 0.3 is 11.9 Å². The summed E-state index contributed by atoms with van der Waals surface area (Å²) >= 11 is 0. The highest BCUT2D eigenvalue weighted by Crippen LogP contribution is 2.13. The lowest BCUT2D eigenvalue weighted by molar-refractivity contribution is -0.145. The van der Waals surface area contributed by atoms with E-state index in [0.29, 0.717) is 37.9 Å². The first-order valence-corrected chi connectivity index (χ1v) is 13.4. The molecule has 0 spiro atoms. The second-order valence-electron chi connectivity index (χ2n) is 9.95. The van der Waals surface area contributed by atoms with Crippen molar-refractivity contribution in [2.45, 2.75) is 130 Å². The third-order valence-electron chi connectivity index (χ3n) is 5.33. The molecule has 0 atom stereocenters. The van der Waals surface area contributed by atoms with E-state index in [1.54, 1.807) is 0 Å². The molecule has 0 N–H and O–H groups in total. The van der Waals surface area contributed by atoms with Crippen molar-refractivity contribution in [3.63, 3.8) is 0 Å². The summed E-state index contributed by atoms with van der Waals surface area (Å²) < 4.78 is 10.4. The van der Waals surface area contributed by atoms with Crippen molar-refractivity contribution < 1.29 is 19.1 Å². The Balaban J connectivity index is 3.24. The Morgan fingerprint density at radius 3 is 1.31 bits per heavy atom. The zero-order valence-corrected chi connectivity index (χ0v) is 21.7. The summed E-state index contributed by atoms with van der Waals surface area (Å²) in [6.45, 7) is 9.31. The molecule has 0 bridgehead atoms. The fourth-order valence-corrected chi connectivity index (χ4v) is 3.39. The Labute approximate surface area is 198 Å². The highest BCUT2D eigenvalue weighted by Gasteiger charge is 2.04. The maximum atomic E-state index is 11.5. The summed E-state index contributed by atoms with van der Waals surface area (Å²) in [5.41, 5.74) is 0. The van der Waals surface area contributed by atoms with Gasteiger partial charge < -0.3 is 9.47 Å². The maximum absolute atomic E-state index is 11.5. The standard InChI is InChI=1S/C28H52O4/c1-25(2)23-31-27(29)21-19-17-15-13-11-9-7-5-6-8-10-12-14-16-18-20-22-28(30)32-24-26(3)4/h13,15,25-26H,5-12,14,16-24H2,1-4H3/b15-13+. The molecule has 32 heavy (non-hydrogen) atoms. The molecule has 4 nitrogen and oxygen atoms in total. The predicted octanol–water partition coefficient (Wildman–Crippen LogP) is 8.18. The lowest BCUT2D eigenvalue weighted by Crippen LogP contribution is -2.09. The van der Waals surface area contributed by atoms with E-state index in [1.807, 2.05) is 0 Å². The van der Waals surface area contributed by atoms with Crippen molar-refractivity contribution in [2.24, 2.45) is 11.8 Å². The number of hydrogen-bond acceptors (Lipinski definition) is 4. The topological polar surface area (TPSA) is 52.6 Å². The lowest BCUT2D eigenvalue weighted by Gasteiger charge is -2.07. The van der Waals surface area contributed by atoms with Crippen LogP contribution in [0.1, 0.15) is 130 Å². The highest BCUT2D eigenvalue weighted by molar-refractivity contribution is 5.69. The second kappa shape index (κ2) is 22.9. The summed E-state index contributed by atoms with van der Waals surface area (Å²) in [6, 6.07) is 0. The summed E-state index contributed by atoms with van der Waals surface area (Å²) in [5.74, 6) is 0.734. The summed E-state index contributed by atoms with van der Waals surface area (Å²) in [5, 5.41) is 0. The normalized spacial score (nSPS) is 11.6. The number of hydrogen-bond donors (Lipinski definition) is 0. The van der Waals surface area contributed by atoms with Gasteiger partial charge in [0.1, 0.15) is 0 Å². The van der Waals surface area contributed by atoms with Crippen LogP contribution in [0.4, 0.5) is 0 Å². The molecule has 0 rings (SSSR count). The molecular formula is C28H52O4. The molecule has 188 valence electrons. The molecule has 0 saturated heterocycles. The van der Waals surface area contributed by atoms with Gasteiger partial charge in [0.05, 0.1) is 13.2 Å². The predicted molar refractivity (Wildman–Crippen MR) is 135 cm³/mol. The third-order valence-corrected chi connectivity index (χ3v) is 5.33. The van der Waals surface area contributed by atoms with Crippen LogP contribution in [0.15, 0.2) is 12.2 Å². The largest absolute Gasteiger partial charge is 0.465 e. The molecular weight excluding hydrogens is 400 g/mol. The fourth-order valence-electron chi connectivity index (χ4n) is 3.39. The Hall–Kier alpha value is -1.32. The Bertz CT molecular complexity index is 468. The number of carbonyl (C=O) groups is 2. The molecule has 0 aliphatic carbocycles. The minimum absolute atomic E-state index is 0.0340. The van der Waals surface area contributed by atoms with Crippen LogP contribution in [0.25, 0.3) is 0 Å². The number of ether oxygens (including phenoxy) is 2. The van der Waals surface area contributed by atoms with Crippen LogP contribution < -0.4 is 0 Å². The van der Waals surface area contributed by atoms with E-state index in [-0.39, 0.29) is 11.9 Å². The summed E-state index contributed by atoms with van der Waals surface area (Å²) in [6.07, 6.45) is 22.6. The Kier molecular flexibility index (Phi) is 21.9. The van der Waals surface area contributed by atoms with Crippen molar-refractivity contribution in [1.82, 2.24) is 0 Å². The van der Waals surface area contributed by atoms with Gasteiger partial charge in [-0.05, 0) is 43.9 Å². The van der Waals surface area contributed by atoms with E-state index in [0.717, 1.165) is 32.1 Å². The van der Waals surface area contributed by atoms with Crippen LogP contribution in [0.3, 0.4) is 0 Å². The zero-order chi connectivity index (χ0) is 23.9. The molecule has 0 saturated carbocycles. The van der Waals surface area contributed by atoms with Crippen molar-refractivity contribution in [2.75, 3.05) is 13.2 Å². The Morgan fingerprint density at radius 1 is 0.531 bits per heavy atom. The maximum Gasteiger partial charge on any atom is 0.305 e. The van der Waals surface area contributed by atoms with E-state index in [9.17, 15) is 9.59 Å². The van der Waals surface area contributed by atoms with Crippen LogP contribution in [0, 0.1) is 11.8 Å². The molecule has 0 heterocycles. The number of esters is 2. The van der Waals surface area contributed by atoms with Crippen LogP contribution in [0.5, 0.6) is 0 Å². The number of allylic oxidation sites excluding steroid dienone is 2. The van der Waals surface area contributed by atoms with Gasteiger partial charge in [-0.1, -0.05) is 97.6 Å². The average molecular weight is 453 g/mol. The molecule has 0 amide bonds. The van der Waals surface area contributed by atoms with Gasteiger partial charge in [-0.25, -0.2) is 0 Å². The van der Waals surface area contributed by atoms with E-state index in [1.165, 1.54) is 57.8 Å². The number of carbonyl (C=O) groups excluding carboxylic acids is 2. The van der Waals surface area contributed by atoms with E-state index < -0.39 is 0 Å². The van der Waals surface area contributed by atoms with Gasteiger partial charge in [0, 0.05) is 12.8 Å². The summed E-state index contributed by atoms with van der Waals surface area (Å²) in [4.78, 5) is 23.0. The van der Waals surface area contributed by atoms with Gasteiger partial charge in [0.25, 0.3) is 0 Å². The lowest BCUT2D eigenvalue weighted by atomic mass is 10.0. The second-order valence-corrected chi connectivity index (χ2v) is 9.95. The monoisotopic (exact) mass is 452 g/mol. The zero-order valence-electron chi connectivity index (χ0n) is 21.7. The van der Waals surface area contributed by atoms with Crippen LogP contribution in [0.2, 0.25) is 0 Å². The molecule has 4 heteroatoms. The summed E-state index contributed by atoms with van der Waals surface area (Å²) in [7, 11) is 0. The first kappa shape index (κ1) is 30.7. The van der Waals surface area contributed by atoms with Gasteiger partial charge in [-0.3, -0.25) is 9.59 Å². The quantitative estimate of drug-likeness (QED) is 0.0943. The SMILES string of the molecule is CC(C)COC(=O)CCC/C=C/CCCCCCCCCCCCCC(=O)OCC(C)C. The van der Waals surface area contributed by atoms with Gasteiger partial charge in [-0.15, -0.1) is 0 Å². The molecule has 0 aliphatic rings.